The Hall–Kier alpha value is -3.76. The highest BCUT2D eigenvalue weighted by atomic mass is 32.2. The van der Waals surface area contributed by atoms with E-state index in [1.807, 2.05) is 40.0 Å². The van der Waals surface area contributed by atoms with Crippen molar-refractivity contribution in [2.45, 2.75) is 77.5 Å². The van der Waals surface area contributed by atoms with Gasteiger partial charge in [0.15, 0.2) is 9.84 Å². The predicted molar refractivity (Wildman–Crippen MR) is 173 cm³/mol. The molecule has 1 aromatic heterocycles. The lowest BCUT2D eigenvalue weighted by molar-refractivity contribution is -0.151. The second kappa shape index (κ2) is 11.6. The minimum Gasteiger partial charge on any atom is -0.489 e. The van der Waals surface area contributed by atoms with Gasteiger partial charge in [-0.25, -0.2) is 13.1 Å². The molecule has 1 unspecified atom stereocenters. The van der Waals surface area contributed by atoms with Crippen molar-refractivity contribution < 1.29 is 22.7 Å². The summed E-state index contributed by atoms with van der Waals surface area (Å²) in [4.78, 5) is 16.1. The molecule has 0 amide bonds. The number of hydrogen-bond donors (Lipinski definition) is 0. The third kappa shape index (κ3) is 5.52. The van der Waals surface area contributed by atoms with E-state index in [2.05, 4.69) is 53.3 Å². The number of methoxy groups -OCH3 is 1. The number of nitrogens with zero attached hydrogens (tertiary/aromatic N) is 4. The molecule has 10 heteroatoms. The van der Waals surface area contributed by atoms with E-state index in [1.165, 1.54) is 12.7 Å². The number of fused-ring (bicyclic) bond motifs is 3. The molecule has 0 N–H and O–H groups in total. The van der Waals surface area contributed by atoms with Crippen molar-refractivity contribution in [2.75, 3.05) is 19.4 Å². The summed E-state index contributed by atoms with van der Waals surface area (Å²) < 4.78 is 38.7. The van der Waals surface area contributed by atoms with Crippen molar-refractivity contribution >= 4 is 26.8 Å². The van der Waals surface area contributed by atoms with E-state index in [0.29, 0.717) is 36.7 Å². The highest BCUT2D eigenvalue weighted by molar-refractivity contribution is 7.91. The Morgan fingerprint density at radius 1 is 1.13 bits per heavy atom. The minimum atomic E-state index is -3.25. The first-order valence-electron chi connectivity index (χ1n) is 15.6. The molecule has 9 nitrogen and oxygen atoms in total. The van der Waals surface area contributed by atoms with Crippen molar-refractivity contribution in [2.24, 2.45) is 12.5 Å². The Balaban J connectivity index is 1.40. The predicted octanol–water partition coefficient (Wildman–Crippen LogP) is 5.42. The third-order valence-corrected chi connectivity index (χ3v) is 11.5. The maximum absolute atomic E-state index is 13.3. The fraction of sp³-hybridized carbons (Fsp3) is 0.457. The number of hydrogen-bond acceptors (Lipinski definition) is 8. The fourth-order valence-corrected chi connectivity index (χ4v) is 8.64. The maximum Gasteiger partial charge on any atom is 0.312 e. The third-order valence-electron chi connectivity index (χ3n) is 9.75. The van der Waals surface area contributed by atoms with Crippen molar-refractivity contribution in [3.63, 3.8) is 0 Å². The number of aromatic nitrogens is 3. The van der Waals surface area contributed by atoms with Crippen LogP contribution in [0.1, 0.15) is 72.1 Å². The van der Waals surface area contributed by atoms with Crippen molar-refractivity contribution in [1.29, 1.82) is 0 Å². The monoisotopic (exact) mass is 630 g/mol. The zero-order valence-electron chi connectivity index (χ0n) is 27.2. The van der Waals surface area contributed by atoms with Gasteiger partial charge in [-0.05, 0) is 92.1 Å². The molecule has 0 spiro atoms. The lowest BCUT2D eigenvalue weighted by Crippen LogP contribution is -2.34. The summed E-state index contributed by atoms with van der Waals surface area (Å²) in [6, 6.07) is 14.4. The Bertz CT molecular complexity index is 1910. The van der Waals surface area contributed by atoms with Crippen molar-refractivity contribution in [1.82, 2.24) is 19.9 Å². The molecule has 4 aromatic rings. The molecule has 0 bridgehead atoms. The van der Waals surface area contributed by atoms with Gasteiger partial charge in [0.25, 0.3) is 0 Å². The average molecular weight is 631 g/mol. The summed E-state index contributed by atoms with van der Waals surface area (Å²) in [6.07, 6.45) is 1.28. The molecule has 0 saturated heterocycles. The van der Waals surface area contributed by atoms with Crippen LogP contribution in [0.15, 0.2) is 47.4 Å². The Morgan fingerprint density at radius 2 is 1.91 bits per heavy atom. The largest absolute Gasteiger partial charge is 0.489 e. The standard InChI is InChI=1S/C35H42N4O5S/c1-8-27-20-39(19-26-15-23-13-14-45(41,42)31(23)17-30(26)44-27)18-25-16-24(10-9-21(25)2)32(35(4,5)34(40)43-7)28-11-12-29-33(22(28)3)36-37-38(29)6/h9-12,15-17,27,32H,8,13-14,18-20H2,1-7H3/t27-,32?/m1/s1. The molecule has 238 valence electrons. The zero-order valence-corrected chi connectivity index (χ0v) is 28.0. The Morgan fingerprint density at radius 3 is 2.64 bits per heavy atom. The van der Waals surface area contributed by atoms with Gasteiger partial charge in [-0.1, -0.05) is 36.4 Å². The summed E-state index contributed by atoms with van der Waals surface area (Å²) in [5.41, 5.74) is 8.15. The van der Waals surface area contributed by atoms with E-state index in [1.54, 1.807) is 10.7 Å². The van der Waals surface area contributed by atoms with E-state index < -0.39 is 15.3 Å². The molecule has 45 heavy (non-hydrogen) atoms. The summed E-state index contributed by atoms with van der Waals surface area (Å²) in [5, 5.41) is 8.65. The Kier molecular flexibility index (Phi) is 8.02. The van der Waals surface area contributed by atoms with Gasteiger partial charge in [0.2, 0.25) is 0 Å². The lowest BCUT2D eigenvalue weighted by Gasteiger charge is -2.34. The summed E-state index contributed by atoms with van der Waals surface area (Å²) in [5.74, 6) is 0.255. The smallest absolute Gasteiger partial charge is 0.312 e. The van der Waals surface area contributed by atoms with E-state index in [-0.39, 0.29) is 23.7 Å². The number of ether oxygens (including phenoxy) is 2. The SMILES string of the molecule is CC[C@@H]1CN(Cc2cc(C(c3ccc4c(nnn4C)c3C)C(C)(C)C(=O)OC)ccc2C)Cc2cc3c(cc2O1)S(=O)(=O)CC3. The van der Waals surface area contributed by atoms with Crippen LogP contribution in [-0.4, -0.2) is 59.8 Å². The normalized spacial score (nSPS) is 18.6. The van der Waals surface area contributed by atoms with Crippen LogP contribution >= 0.6 is 0 Å². The topological polar surface area (TPSA) is 104 Å². The van der Waals surface area contributed by atoms with Crippen LogP contribution in [0.3, 0.4) is 0 Å². The molecule has 0 aliphatic carbocycles. The van der Waals surface area contributed by atoms with Crippen LogP contribution < -0.4 is 4.74 Å². The molecular weight excluding hydrogens is 588 g/mol. The van der Waals surface area contributed by atoms with E-state index >= 15 is 0 Å². The van der Waals surface area contributed by atoms with Crippen LogP contribution in [0.4, 0.5) is 0 Å². The van der Waals surface area contributed by atoms with Gasteiger partial charge in [0.1, 0.15) is 17.4 Å². The number of aryl methyl sites for hydroxylation is 4. The molecule has 2 atom stereocenters. The van der Waals surface area contributed by atoms with Crippen molar-refractivity contribution in [3.8, 4) is 5.75 Å². The molecule has 6 rings (SSSR count). The lowest BCUT2D eigenvalue weighted by atomic mass is 9.69. The van der Waals surface area contributed by atoms with Crippen LogP contribution in [-0.2, 0) is 45.9 Å². The molecule has 3 heterocycles. The van der Waals surface area contributed by atoms with E-state index in [4.69, 9.17) is 9.47 Å². The fourth-order valence-electron chi connectivity index (χ4n) is 7.08. The molecule has 0 fully saturated rings. The molecule has 0 saturated carbocycles. The summed E-state index contributed by atoms with van der Waals surface area (Å²) in [6.45, 7) is 12.2. The quantitative estimate of drug-likeness (QED) is 0.250. The zero-order chi connectivity index (χ0) is 32.3. The summed E-state index contributed by atoms with van der Waals surface area (Å²) in [7, 11) is 0.0669. The number of carbonyl (C=O) groups excluding carboxylic acids is 1. The first-order chi connectivity index (χ1) is 21.3. The van der Waals surface area contributed by atoms with Gasteiger partial charge in [-0.2, -0.15) is 0 Å². The highest BCUT2D eigenvalue weighted by Gasteiger charge is 2.41. The average Bonchev–Trinajstić information content (AvgIpc) is 3.46. The van der Waals surface area contributed by atoms with Crippen LogP contribution in [0, 0.1) is 19.3 Å². The van der Waals surface area contributed by atoms with E-state index in [9.17, 15) is 13.2 Å². The van der Waals surface area contributed by atoms with Crippen LogP contribution in [0.25, 0.3) is 11.0 Å². The molecule has 3 aromatic carbocycles. The highest BCUT2D eigenvalue weighted by Crippen LogP contribution is 2.45. The molecule has 0 radical (unpaired) electrons. The Labute approximate surface area is 265 Å². The first kappa shape index (κ1) is 31.2. The number of rotatable bonds is 7. The molecular formula is C35H42N4O5S. The van der Waals surface area contributed by atoms with Crippen molar-refractivity contribution in [3.05, 3.63) is 81.4 Å². The van der Waals surface area contributed by atoms with Gasteiger partial charge in [0, 0.05) is 38.2 Å². The van der Waals surface area contributed by atoms with Gasteiger partial charge in [0.05, 0.1) is 28.7 Å². The van der Waals surface area contributed by atoms with Gasteiger partial charge in [-0.15, -0.1) is 5.10 Å². The van der Waals surface area contributed by atoms with Gasteiger partial charge < -0.3 is 9.47 Å². The second-order valence-corrected chi connectivity index (χ2v) is 15.2. The minimum absolute atomic E-state index is 0.0655. The summed E-state index contributed by atoms with van der Waals surface area (Å²) >= 11 is 0. The molecule has 2 aliphatic rings. The number of carbonyl (C=O) groups is 1. The van der Waals surface area contributed by atoms with Crippen LogP contribution in [0.2, 0.25) is 0 Å². The van der Waals surface area contributed by atoms with Gasteiger partial charge >= 0.3 is 5.97 Å². The number of esters is 1. The maximum atomic E-state index is 13.3. The first-order valence-corrected chi connectivity index (χ1v) is 17.2. The molecule has 2 aliphatic heterocycles. The van der Waals surface area contributed by atoms with Crippen LogP contribution in [0.5, 0.6) is 5.75 Å². The van der Waals surface area contributed by atoms with Gasteiger partial charge in [-0.3, -0.25) is 9.69 Å². The number of benzene rings is 3. The van der Waals surface area contributed by atoms with E-state index in [0.717, 1.165) is 50.8 Å². The number of sulfone groups is 1. The second-order valence-electron chi connectivity index (χ2n) is 13.1.